The van der Waals surface area contributed by atoms with Crippen LogP contribution in [0.25, 0.3) is 0 Å². The number of para-hydroxylation sites is 2. The Bertz CT molecular complexity index is 587. The van der Waals surface area contributed by atoms with Crippen molar-refractivity contribution in [1.29, 1.82) is 0 Å². The van der Waals surface area contributed by atoms with Crippen molar-refractivity contribution in [3.63, 3.8) is 0 Å². The molecule has 0 bridgehead atoms. The second kappa shape index (κ2) is 7.74. The normalized spacial score (nSPS) is 11.0. The van der Waals surface area contributed by atoms with Crippen LogP contribution in [0.1, 0.15) is 0 Å². The molecule has 3 N–H and O–H groups in total. The Kier molecular flexibility index (Phi) is 5.40. The van der Waals surface area contributed by atoms with E-state index in [0.717, 1.165) is 5.69 Å². The summed E-state index contributed by atoms with van der Waals surface area (Å²) in [5, 5.41) is 2.99. The fraction of sp³-hybridized carbons (Fsp3) is 0.200. The van der Waals surface area contributed by atoms with Crippen molar-refractivity contribution in [2.45, 2.75) is 0 Å². The van der Waals surface area contributed by atoms with E-state index in [1.165, 1.54) is 0 Å². The molecule has 1 aromatic carbocycles. The first-order valence-corrected chi connectivity index (χ1v) is 6.52. The van der Waals surface area contributed by atoms with Gasteiger partial charge in [-0.3, -0.25) is 4.98 Å². The van der Waals surface area contributed by atoms with Gasteiger partial charge in [0, 0.05) is 6.20 Å². The van der Waals surface area contributed by atoms with E-state index in [2.05, 4.69) is 15.3 Å². The van der Waals surface area contributed by atoms with Gasteiger partial charge in [0.05, 0.1) is 25.5 Å². The highest BCUT2D eigenvalue weighted by molar-refractivity contribution is 5.93. The van der Waals surface area contributed by atoms with Crippen LogP contribution in [0, 0.1) is 0 Å². The lowest BCUT2D eigenvalue weighted by Crippen LogP contribution is -2.23. The molecule has 0 aliphatic heterocycles. The monoisotopic (exact) mass is 286 g/mol. The standard InChI is InChI=1S/C15H18N4O2/c1-20-14-7-3-2-6-13(14)19-15(16)18-9-10-21-12-5-4-8-17-11-12/h2-8,11H,9-10H2,1H3,(H3,16,18,19). The lowest BCUT2D eigenvalue weighted by molar-refractivity contribution is 0.327. The molecule has 2 aromatic rings. The molecule has 0 saturated heterocycles. The van der Waals surface area contributed by atoms with Crippen LogP contribution in [-0.2, 0) is 0 Å². The molecule has 0 unspecified atom stereocenters. The first-order chi connectivity index (χ1) is 10.3. The molecule has 6 heteroatoms. The average Bonchev–Trinajstić information content (AvgIpc) is 2.53. The Morgan fingerprint density at radius 2 is 2.14 bits per heavy atom. The number of benzene rings is 1. The molecule has 0 aliphatic rings. The molecule has 0 spiro atoms. The van der Waals surface area contributed by atoms with Gasteiger partial charge in [-0.1, -0.05) is 12.1 Å². The van der Waals surface area contributed by atoms with E-state index >= 15 is 0 Å². The van der Waals surface area contributed by atoms with Gasteiger partial charge >= 0.3 is 0 Å². The lowest BCUT2D eigenvalue weighted by Gasteiger charge is -2.10. The fourth-order valence-electron chi connectivity index (χ4n) is 1.69. The molecule has 1 aromatic heterocycles. The summed E-state index contributed by atoms with van der Waals surface area (Å²) in [7, 11) is 1.61. The highest BCUT2D eigenvalue weighted by Gasteiger charge is 2.01. The predicted octanol–water partition coefficient (Wildman–Crippen LogP) is 1.90. The first-order valence-electron chi connectivity index (χ1n) is 6.52. The highest BCUT2D eigenvalue weighted by atomic mass is 16.5. The Balaban J connectivity index is 1.81. The first kappa shape index (κ1) is 14.6. The van der Waals surface area contributed by atoms with E-state index < -0.39 is 0 Å². The molecule has 0 atom stereocenters. The summed E-state index contributed by atoms with van der Waals surface area (Å²) in [5.41, 5.74) is 6.60. The summed E-state index contributed by atoms with van der Waals surface area (Å²) in [5.74, 6) is 1.74. The maximum Gasteiger partial charge on any atom is 0.193 e. The summed E-state index contributed by atoms with van der Waals surface area (Å²) in [6.07, 6.45) is 3.35. The molecular weight excluding hydrogens is 268 g/mol. The summed E-state index contributed by atoms with van der Waals surface area (Å²) < 4.78 is 10.7. The number of aliphatic imine (C=N–C) groups is 1. The molecule has 0 saturated carbocycles. The number of hydrogen-bond donors (Lipinski definition) is 2. The topological polar surface area (TPSA) is 81.8 Å². The molecule has 0 aliphatic carbocycles. The van der Waals surface area contributed by atoms with Crippen molar-refractivity contribution in [3.8, 4) is 11.5 Å². The quantitative estimate of drug-likeness (QED) is 0.481. The zero-order valence-electron chi connectivity index (χ0n) is 11.8. The van der Waals surface area contributed by atoms with Crippen LogP contribution >= 0.6 is 0 Å². The zero-order chi connectivity index (χ0) is 14.9. The number of aromatic nitrogens is 1. The SMILES string of the molecule is COc1ccccc1NC(N)=NCCOc1cccnc1. The van der Waals surface area contributed by atoms with Crippen molar-refractivity contribution in [1.82, 2.24) is 4.98 Å². The third kappa shape index (κ3) is 4.68. The van der Waals surface area contributed by atoms with Crippen LogP contribution in [0.2, 0.25) is 0 Å². The number of nitrogens with zero attached hydrogens (tertiary/aromatic N) is 2. The van der Waals surface area contributed by atoms with E-state index in [-0.39, 0.29) is 0 Å². The van der Waals surface area contributed by atoms with Gasteiger partial charge < -0.3 is 20.5 Å². The summed E-state index contributed by atoms with van der Waals surface area (Å²) in [6.45, 7) is 0.878. The smallest absolute Gasteiger partial charge is 0.193 e. The number of methoxy groups -OCH3 is 1. The number of rotatable bonds is 6. The van der Waals surface area contributed by atoms with Crippen LogP contribution in [-0.4, -0.2) is 31.2 Å². The molecule has 1 heterocycles. The van der Waals surface area contributed by atoms with Gasteiger partial charge in [0.1, 0.15) is 18.1 Å². The van der Waals surface area contributed by atoms with Gasteiger partial charge in [0.25, 0.3) is 0 Å². The van der Waals surface area contributed by atoms with Crippen LogP contribution in [0.4, 0.5) is 5.69 Å². The number of nitrogens with one attached hydrogen (secondary N) is 1. The van der Waals surface area contributed by atoms with Crippen LogP contribution in [0.15, 0.2) is 53.8 Å². The molecule has 21 heavy (non-hydrogen) atoms. The van der Waals surface area contributed by atoms with Crippen molar-refractivity contribution >= 4 is 11.6 Å². The van der Waals surface area contributed by atoms with E-state index in [9.17, 15) is 0 Å². The lowest BCUT2D eigenvalue weighted by atomic mass is 10.3. The summed E-state index contributed by atoms with van der Waals surface area (Å²) >= 11 is 0. The van der Waals surface area contributed by atoms with Crippen LogP contribution < -0.4 is 20.5 Å². The van der Waals surface area contributed by atoms with Crippen LogP contribution in [0.5, 0.6) is 11.5 Å². The highest BCUT2D eigenvalue weighted by Crippen LogP contribution is 2.22. The predicted molar refractivity (Wildman–Crippen MR) is 82.8 cm³/mol. The summed E-state index contributed by atoms with van der Waals surface area (Å²) in [4.78, 5) is 8.15. The minimum absolute atomic E-state index is 0.314. The molecular formula is C15H18N4O2. The van der Waals surface area contributed by atoms with Gasteiger partial charge in [-0.2, -0.15) is 0 Å². The Morgan fingerprint density at radius 1 is 1.29 bits per heavy atom. The molecule has 6 nitrogen and oxygen atoms in total. The van der Waals surface area contributed by atoms with E-state index in [4.69, 9.17) is 15.2 Å². The zero-order valence-corrected chi connectivity index (χ0v) is 11.8. The minimum Gasteiger partial charge on any atom is -0.495 e. The van der Waals surface area contributed by atoms with Gasteiger partial charge in [0.15, 0.2) is 5.96 Å². The largest absolute Gasteiger partial charge is 0.495 e. The van der Waals surface area contributed by atoms with E-state index in [1.54, 1.807) is 19.5 Å². The van der Waals surface area contributed by atoms with Crippen molar-refractivity contribution in [2.24, 2.45) is 10.7 Å². The minimum atomic E-state index is 0.314. The number of guanidine groups is 1. The fourth-order valence-corrected chi connectivity index (χ4v) is 1.69. The van der Waals surface area contributed by atoms with Crippen molar-refractivity contribution in [3.05, 3.63) is 48.8 Å². The molecule has 0 fully saturated rings. The molecule has 110 valence electrons. The van der Waals surface area contributed by atoms with Gasteiger partial charge in [0.2, 0.25) is 0 Å². The second-order valence-corrected chi connectivity index (χ2v) is 4.13. The van der Waals surface area contributed by atoms with Crippen molar-refractivity contribution < 1.29 is 9.47 Å². The number of nitrogens with two attached hydrogens (primary N) is 1. The van der Waals surface area contributed by atoms with Gasteiger partial charge in [-0.25, -0.2) is 4.99 Å². The summed E-state index contributed by atoms with van der Waals surface area (Å²) in [6, 6.07) is 11.2. The van der Waals surface area contributed by atoms with E-state index in [0.29, 0.717) is 30.6 Å². The Labute approximate surface area is 123 Å². The van der Waals surface area contributed by atoms with E-state index in [1.807, 2.05) is 36.4 Å². The van der Waals surface area contributed by atoms with Gasteiger partial charge in [-0.05, 0) is 24.3 Å². The third-order valence-corrected chi connectivity index (χ3v) is 2.65. The number of hydrogen-bond acceptors (Lipinski definition) is 4. The third-order valence-electron chi connectivity index (χ3n) is 2.65. The maximum atomic E-state index is 5.82. The van der Waals surface area contributed by atoms with Crippen molar-refractivity contribution in [2.75, 3.05) is 25.6 Å². The molecule has 0 radical (unpaired) electrons. The second-order valence-electron chi connectivity index (χ2n) is 4.13. The average molecular weight is 286 g/mol. The van der Waals surface area contributed by atoms with Gasteiger partial charge in [-0.15, -0.1) is 0 Å². The maximum absolute atomic E-state index is 5.82. The number of anilines is 1. The number of ether oxygens (including phenoxy) is 2. The Hall–Kier alpha value is -2.76. The molecule has 0 amide bonds. The number of pyridine rings is 1. The Morgan fingerprint density at radius 3 is 2.90 bits per heavy atom. The van der Waals surface area contributed by atoms with Crippen LogP contribution in [0.3, 0.4) is 0 Å². The molecule has 2 rings (SSSR count).